The number of hydrogen-bond donors (Lipinski definition) is 23. The molecule has 14 bridgehead atoms. The Morgan fingerprint density at radius 2 is 0.884 bits per heavy atom. The maximum Gasteiger partial charge on any atom is 0.309 e. The number of hydrogen-bond acceptors (Lipinski definition) is 50. The highest BCUT2D eigenvalue weighted by Crippen LogP contribution is 2.42. The summed E-state index contributed by atoms with van der Waals surface area (Å²) in [7, 11) is 0. The molecule has 16 unspecified atom stereocenters. The number of carbonyl (C=O) groups is 7. The Bertz CT molecular complexity index is 4250. The first-order chi connectivity index (χ1) is 68.8. The van der Waals surface area contributed by atoms with E-state index in [-0.39, 0.29) is 107 Å². The van der Waals surface area contributed by atoms with Crippen molar-refractivity contribution in [3.63, 3.8) is 0 Å². The zero-order valence-corrected chi connectivity index (χ0v) is 84.6. The normalized spacial score (nSPS) is 39.8. The summed E-state index contributed by atoms with van der Waals surface area (Å²) < 4.78 is 105. The highest BCUT2D eigenvalue weighted by molar-refractivity contribution is 7.99. The summed E-state index contributed by atoms with van der Waals surface area (Å²) in [6.07, 6.45) is -63.9. The first-order valence-electron chi connectivity index (χ1n) is 48.5. The van der Waals surface area contributed by atoms with Gasteiger partial charge >= 0.3 is 23.9 Å². The largest absolute Gasteiger partial charge is 0.481 e. The number of carboxylic acids is 2. The molecule has 838 valence electrons. The monoisotopic (exact) mass is 2160 g/mol. The van der Waals surface area contributed by atoms with Crippen molar-refractivity contribution in [1.82, 2.24) is 4.98 Å². The molecule has 0 saturated carbocycles. The first kappa shape index (κ1) is 126. The van der Waals surface area contributed by atoms with Crippen LogP contribution in [0.5, 0.6) is 0 Å². The Morgan fingerprint density at radius 1 is 0.514 bits per heavy atom. The average molecular weight is 2160 g/mol. The average Bonchev–Trinajstić information content (AvgIpc) is 0.771. The number of aliphatic hydroxyl groups is 20. The zero-order chi connectivity index (χ0) is 107. The van der Waals surface area contributed by atoms with Crippen LogP contribution >= 0.6 is 34.9 Å². The lowest BCUT2D eigenvalue weighted by atomic mass is 9.73. The molecule has 0 radical (unpaired) electrons. The van der Waals surface area contributed by atoms with Crippen molar-refractivity contribution >= 4 is 82.2 Å². The van der Waals surface area contributed by atoms with Gasteiger partial charge in [0.15, 0.2) is 44.0 Å². The van der Waals surface area contributed by atoms with E-state index in [4.69, 9.17) is 91.0 Å². The van der Waals surface area contributed by atoms with Crippen LogP contribution in [0.3, 0.4) is 0 Å². The molecule has 21 saturated heterocycles. The molecule has 24 N–H and O–H groups in total. The Kier molecular flexibility index (Phi) is 52.0. The molecule has 52 heteroatoms. The Balaban J connectivity index is 0.000000505. The van der Waals surface area contributed by atoms with Gasteiger partial charge in [0.25, 0.3) is 0 Å². The predicted octanol–water partition coefficient (Wildman–Crippen LogP) is -4.83. The van der Waals surface area contributed by atoms with Crippen LogP contribution < -0.4 is 5.73 Å². The Morgan fingerprint density at radius 3 is 1.23 bits per heavy atom. The fourth-order valence-electron chi connectivity index (χ4n) is 17.8. The summed E-state index contributed by atoms with van der Waals surface area (Å²) in [5.41, 5.74) is 7.01. The molecule has 21 fully saturated rings. The number of unbranched alkanes of at least 4 members (excludes halogenated alkanes) is 2. The number of esters is 2. The molecular weight excluding hydrogens is 2010 g/mol. The summed E-state index contributed by atoms with van der Waals surface area (Å²) in [6.45, 7) is 11.1. The number of carboxylic acid groups (broad SMARTS) is 2. The number of Topliss-reactive ketones (excluding diaryl/α,β-unsaturated/α-hetero) is 3. The van der Waals surface area contributed by atoms with Gasteiger partial charge in [-0.3, -0.25) is 33.6 Å². The van der Waals surface area contributed by atoms with Crippen LogP contribution in [0.25, 0.3) is 6.08 Å². The van der Waals surface area contributed by atoms with E-state index >= 15 is 0 Å². The van der Waals surface area contributed by atoms with E-state index in [1.54, 1.807) is 39.0 Å². The molecule has 23 heterocycles. The molecule has 42 atom stereocenters. The van der Waals surface area contributed by atoms with Crippen LogP contribution in [0.1, 0.15) is 144 Å². The van der Waals surface area contributed by atoms with E-state index in [1.165, 1.54) is 6.92 Å². The predicted molar refractivity (Wildman–Crippen MR) is 507 cm³/mol. The zero-order valence-electron chi connectivity index (χ0n) is 82.1. The number of aromatic nitrogens is 1. The van der Waals surface area contributed by atoms with Crippen molar-refractivity contribution in [2.24, 2.45) is 34.8 Å². The molecule has 22 aliphatic rings. The number of rotatable bonds is 35. The molecule has 23 rings (SSSR count). The number of nitrogens with two attached hydrogens (primary N) is 1. The summed E-state index contributed by atoms with van der Waals surface area (Å²) in [5.74, 6) is -8.91. The highest BCUT2D eigenvalue weighted by atomic mass is 32.2. The number of ketones is 3. The third kappa shape index (κ3) is 33.7. The summed E-state index contributed by atoms with van der Waals surface area (Å²) in [4.78, 5) is 92.9. The number of aryl methyl sites for hydroxylation is 1. The highest BCUT2D eigenvalue weighted by Gasteiger charge is 2.61. The summed E-state index contributed by atoms with van der Waals surface area (Å²) in [6, 6.07) is 0. The van der Waals surface area contributed by atoms with Crippen LogP contribution in [-0.2, 0) is 119 Å². The van der Waals surface area contributed by atoms with E-state index in [2.05, 4.69) is 4.98 Å². The molecule has 1 aromatic heterocycles. The van der Waals surface area contributed by atoms with Gasteiger partial charge in [0.05, 0.1) is 118 Å². The van der Waals surface area contributed by atoms with Crippen LogP contribution in [-0.4, -0.2) is 481 Å². The van der Waals surface area contributed by atoms with Crippen molar-refractivity contribution in [1.29, 1.82) is 0 Å². The van der Waals surface area contributed by atoms with Crippen LogP contribution in [0.2, 0.25) is 0 Å². The van der Waals surface area contributed by atoms with Gasteiger partial charge in [-0.1, -0.05) is 72.3 Å². The maximum atomic E-state index is 13.8. The second-order valence-corrected chi connectivity index (χ2v) is 41.3. The number of thioether (sulfide) groups is 2. The van der Waals surface area contributed by atoms with Crippen LogP contribution in [0, 0.1) is 36.0 Å². The second kappa shape index (κ2) is 60.2. The van der Waals surface area contributed by atoms with Gasteiger partial charge in [0.2, 0.25) is 0 Å². The molecule has 0 aliphatic carbocycles. The van der Waals surface area contributed by atoms with Crippen molar-refractivity contribution in [2.75, 3.05) is 89.0 Å². The van der Waals surface area contributed by atoms with E-state index in [0.29, 0.717) is 25.8 Å². The number of nitrogens with zero attached hydrogens (tertiary/aromatic N) is 1. The number of thiazole rings is 1. The molecule has 49 nitrogen and oxygen atoms in total. The molecule has 1 aromatic rings. The Labute approximate surface area is 857 Å². The van der Waals surface area contributed by atoms with Crippen molar-refractivity contribution in [2.45, 2.75) is 374 Å². The number of ether oxygens (including phenoxy) is 18. The lowest BCUT2D eigenvalue weighted by molar-refractivity contribution is -0.395. The number of aliphatic hydroxyl groups excluding tert-OH is 20. The SMILES string of the molecule is C.C/C1=C/C[C@@H](/C(C)=C/c2csc(C)n2)OC(=O)C[C@H](O)C(C)(C)C(=O)[C@H](C)[C@@H](OC(=O)CCCCCN)[C@@H](C)/C=C\C1.CCC(CSCC1O[C@@H]2O[C@@H]3C(CO)O[C@H](O[C@@H]4C(CO)O[C@H](O[C@@H]5C(CO)O[C@H](O[C@@H]6C(CSCC(CC(=O)CCOCCOCCC(C)=O)C(=O)O)O[C@H](O[C@@H]7C(CO)O[C@H](O[C@@H]8C(CO)O[C@H](O[C@H]1[C@H](O)C2O)C(O)[C@H]8O)C(O)[C@H]7O)C(O)[C@H]6O)C(O)[C@H]5O)C(O)[C@H]4O)C(O)[C@H]3O)C(=O)O. The maximum absolute atomic E-state index is 13.8. The van der Waals surface area contributed by atoms with Gasteiger partial charge in [-0.05, 0) is 71.6 Å². The molecule has 146 heavy (non-hydrogen) atoms. The van der Waals surface area contributed by atoms with Crippen molar-refractivity contribution in [3.8, 4) is 0 Å². The molecule has 0 aromatic carbocycles. The Hall–Kier alpha value is -5.04. The smallest absolute Gasteiger partial charge is 0.309 e. The number of cyclic esters (lactones) is 1. The standard InChI is InChI=1S/C60H98O41S2.C33H50N2O6S.CH4/c1-3-21(52(82)83)16-102-18-29-50-36(73)43(80)59(93-29)98-48-27(14-64)89-55(39(76)32(48)69)95-45-24(11-61)88-54(38(75)31(45)68)96-46-26(13-63)92-58(42(79)35(46)72)101-51-30(19-103-17-22(53(84)85)10-23(67)5-7-87-9-8-86-6-4-20(2)66)94-60(44(81)37(51)74)99-49-28(15-65)90-56(40(77)33(49)70)97-47-25(12-62)91-57(100-50)41(78)34(47)71;1-21-12-11-13-22(2)31(41-29(37)14-9-8-10-17-34)24(4)32(39)33(6,7)28(36)19-30(38)40-27(16-15-21)23(3)18-26-20-42-25(5)35-26;/h21-22,24-51,54-65,68-81H,3-19H2,1-2H3,(H,82,83)(H,84,85);11,13,15,18,20,22,24,27-28,31,36H,8-10,12,14,16-17,19,34H2,1-7H3;1H4/b;13-11-,21-15-,23-18+;/t21?,22?,24?,25?,26?,27?,28?,29?,30?,31-,32-,33-,34-,35-,36-,37-,38?,39?,40?,41?,42?,43?,44?,45-,46-,47-,48-,49-,50-,51-,54-,55-,56-,57-,58-,59-,60-;22-,24+,27-,28-,31-;/m10./s1. The van der Waals surface area contributed by atoms with Gasteiger partial charge in [-0.2, -0.15) is 23.5 Å². The van der Waals surface area contributed by atoms with E-state index < -0.39 is 325 Å². The summed E-state index contributed by atoms with van der Waals surface area (Å²) >= 11 is 3.27. The van der Waals surface area contributed by atoms with Crippen LogP contribution in [0.4, 0.5) is 0 Å². The second-order valence-electron chi connectivity index (χ2n) is 38.1. The number of aliphatic carboxylic acids is 2. The minimum atomic E-state index is -2.31. The minimum absolute atomic E-state index is 0. The third-order valence-electron chi connectivity index (χ3n) is 26.7. The van der Waals surface area contributed by atoms with Crippen LogP contribution in [0.15, 0.2) is 34.8 Å². The fourth-order valence-corrected chi connectivity index (χ4v) is 20.8. The van der Waals surface area contributed by atoms with Crippen molar-refractivity contribution < 1.29 is 231 Å². The van der Waals surface area contributed by atoms with Gasteiger partial charge in [0.1, 0.15) is 188 Å². The lowest BCUT2D eigenvalue weighted by Crippen LogP contribution is -2.68. The molecular formula is C94H152N2O47S3. The minimum Gasteiger partial charge on any atom is -0.481 e. The van der Waals surface area contributed by atoms with Crippen molar-refractivity contribution in [3.05, 3.63) is 45.5 Å². The lowest BCUT2D eigenvalue weighted by Gasteiger charge is -2.50. The van der Waals surface area contributed by atoms with E-state index in [0.717, 1.165) is 58.2 Å². The summed E-state index contributed by atoms with van der Waals surface area (Å²) in [5, 5.41) is 251. The molecule has 22 aliphatic heterocycles. The topological polar surface area (TPSA) is 770 Å². The van der Waals surface area contributed by atoms with Gasteiger partial charge in [-0.15, -0.1) is 11.3 Å². The molecule has 0 amide bonds. The molecule has 0 spiro atoms. The fraction of sp³-hybridized carbons (Fsp3) is 0.830. The number of allylic oxidation sites excluding steroid dienone is 2. The quantitative estimate of drug-likeness (QED) is 0.0172. The van der Waals surface area contributed by atoms with Gasteiger partial charge < -0.3 is 203 Å². The first-order valence-corrected chi connectivity index (χ1v) is 51.7. The van der Waals surface area contributed by atoms with E-state index in [1.807, 2.05) is 57.4 Å². The van der Waals surface area contributed by atoms with E-state index in [9.17, 15) is 146 Å². The number of carbonyl (C=O) groups excluding carboxylic acids is 5. The van der Waals surface area contributed by atoms with Gasteiger partial charge in [-0.25, -0.2) is 4.98 Å². The third-order valence-corrected chi connectivity index (χ3v) is 29.9. The van der Waals surface area contributed by atoms with Gasteiger partial charge in [0, 0.05) is 66.4 Å².